The standard InChI is InChI=1S/C17H25N3O4/c1-13-14(12-18-24-13)15(21)19-7-3-4-17(5-8-19)6-9-20(16(17)22)10-11-23-2/h12H,3-11H2,1-2H3. The second-order valence-electron chi connectivity index (χ2n) is 6.76. The van der Waals surface area contributed by atoms with Crippen LogP contribution in [0.2, 0.25) is 0 Å². The minimum atomic E-state index is -0.299. The lowest BCUT2D eigenvalue weighted by atomic mass is 9.79. The van der Waals surface area contributed by atoms with Crippen LogP contribution >= 0.6 is 0 Å². The van der Waals surface area contributed by atoms with E-state index in [1.807, 2.05) is 9.80 Å². The zero-order chi connectivity index (χ0) is 17.2. The van der Waals surface area contributed by atoms with Gasteiger partial charge in [-0.15, -0.1) is 0 Å². The number of likely N-dealkylation sites (tertiary alicyclic amines) is 2. The molecule has 0 bridgehead atoms. The number of ether oxygens (including phenoxy) is 1. The van der Waals surface area contributed by atoms with E-state index in [9.17, 15) is 9.59 Å². The van der Waals surface area contributed by atoms with Crippen molar-refractivity contribution in [3.63, 3.8) is 0 Å². The third-order valence-electron chi connectivity index (χ3n) is 5.38. The molecular formula is C17H25N3O4. The average Bonchev–Trinajstić information content (AvgIpc) is 3.04. The number of aromatic nitrogens is 1. The first-order valence-corrected chi connectivity index (χ1v) is 8.56. The lowest BCUT2D eigenvalue weighted by Gasteiger charge is -2.26. The summed E-state index contributed by atoms with van der Waals surface area (Å²) >= 11 is 0. The summed E-state index contributed by atoms with van der Waals surface area (Å²) in [5, 5.41) is 3.69. The van der Waals surface area contributed by atoms with Crippen molar-refractivity contribution in [2.75, 3.05) is 39.9 Å². The minimum absolute atomic E-state index is 0.0486. The van der Waals surface area contributed by atoms with Gasteiger partial charge in [0, 0.05) is 33.3 Å². The summed E-state index contributed by atoms with van der Waals surface area (Å²) in [6.07, 6.45) is 4.78. The fourth-order valence-corrected chi connectivity index (χ4v) is 3.84. The summed E-state index contributed by atoms with van der Waals surface area (Å²) in [7, 11) is 1.65. The molecule has 2 fully saturated rings. The molecule has 3 rings (SSSR count). The number of aryl methyl sites for hydroxylation is 1. The highest BCUT2D eigenvalue weighted by molar-refractivity contribution is 5.95. The second-order valence-corrected chi connectivity index (χ2v) is 6.76. The van der Waals surface area contributed by atoms with Crippen molar-refractivity contribution < 1.29 is 18.8 Å². The van der Waals surface area contributed by atoms with Crippen LogP contribution in [0.1, 0.15) is 41.8 Å². The topological polar surface area (TPSA) is 75.9 Å². The summed E-state index contributed by atoms with van der Waals surface area (Å²) in [5.74, 6) is 0.726. The van der Waals surface area contributed by atoms with Crippen LogP contribution in [0.25, 0.3) is 0 Å². The number of carbonyl (C=O) groups excluding carboxylic acids is 2. The van der Waals surface area contributed by atoms with Crippen molar-refractivity contribution in [2.45, 2.75) is 32.6 Å². The Hall–Kier alpha value is -1.89. The number of methoxy groups -OCH3 is 1. The fraction of sp³-hybridized carbons (Fsp3) is 0.706. The van der Waals surface area contributed by atoms with Gasteiger partial charge in [-0.1, -0.05) is 5.16 Å². The van der Waals surface area contributed by atoms with E-state index in [1.165, 1.54) is 6.20 Å². The van der Waals surface area contributed by atoms with Gasteiger partial charge in [0.1, 0.15) is 11.3 Å². The molecule has 1 aromatic rings. The summed E-state index contributed by atoms with van der Waals surface area (Å²) in [6, 6.07) is 0. The maximum Gasteiger partial charge on any atom is 0.259 e. The summed E-state index contributed by atoms with van der Waals surface area (Å²) in [5.41, 5.74) is 0.220. The predicted molar refractivity (Wildman–Crippen MR) is 86.5 cm³/mol. The number of hydrogen-bond acceptors (Lipinski definition) is 5. The van der Waals surface area contributed by atoms with Crippen LogP contribution in [0.4, 0.5) is 0 Å². The molecule has 1 atom stereocenters. The Balaban J connectivity index is 1.66. The van der Waals surface area contributed by atoms with Crippen molar-refractivity contribution >= 4 is 11.8 Å². The Kier molecular flexibility index (Phi) is 4.89. The molecule has 0 saturated carbocycles. The van der Waals surface area contributed by atoms with Crippen molar-refractivity contribution in [3.05, 3.63) is 17.5 Å². The molecule has 2 aliphatic rings. The normalized spacial score (nSPS) is 24.7. The van der Waals surface area contributed by atoms with Crippen LogP contribution in [0.3, 0.4) is 0 Å². The van der Waals surface area contributed by atoms with Crippen molar-refractivity contribution in [1.29, 1.82) is 0 Å². The molecule has 7 heteroatoms. The first-order chi connectivity index (χ1) is 11.6. The minimum Gasteiger partial charge on any atom is -0.383 e. The second kappa shape index (κ2) is 6.93. The number of nitrogens with zero attached hydrogens (tertiary/aromatic N) is 3. The van der Waals surface area contributed by atoms with Gasteiger partial charge in [-0.3, -0.25) is 9.59 Å². The van der Waals surface area contributed by atoms with E-state index in [4.69, 9.17) is 9.26 Å². The van der Waals surface area contributed by atoms with Gasteiger partial charge in [0.25, 0.3) is 5.91 Å². The highest BCUT2D eigenvalue weighted by atomic mass is 16.5. The quantitative estimate of drug-likeness (QED) is 0.833. The molecule has 24 heavy (non-hydrogen) atoms. The van der Waals surface area contributed by atoms with Gasteiger partial charge in [-0.25, -0.2) is 0 Å². The van der Waals surface area contributed by atoms with Gasteiger partial charge in [0.15, 0.2) is 0 Å². The van der Waals surface area contributed by atoms with Crippen LogP contribution in [0, 0.1) is 12.3 Å². The van der Waals surface area contributed by atoms with Crippen molar-refractivity contribution in [3.8, 4) is 0 Å². The average molecular weight is 335 g/mol. The van der Waals surface area contributed by atoms with Crippen molar-refractivity contribution in [1.82, 2.24) is 15.0 Å². The van der Waals surface area contributed by atoms with E-state index in [0.29, 0.717) is 37.6 Å². The molecule has 0 aromatic carbocycles. The van der Waals surface area contributed by atoms with Crippen LogP contribution < -0.4 is 0 Å². The van der Waals surface area contributed by atoms with Gasteiger partial charge >= 0.3 is 0 Å². The third-order valence-corrected chi connectivity index (χ3v) is 5.38. The Labute approximate surface area is 141 Å². The molecule has 0 aliphatic carbocycles. The van der Waals surface area contributed by atoms with Crippen LogP contribution in [0.5, 0.6) is 0 Å². The number of hydrogen-bond donors (Lipinski definition) is 0. The lowest BCUT2D eigenvalue weighted by Crippen LogP contribution is -2.37. The Morgan fingerprint density at radius 2 is 2.12 bits per heavy atom. The van der Waals surface area contributed by atoms with Crippen LogP contribution in [0.15, 0.2) is 10.7 Å². The Morgan fingerprint density at radius 1 is 1.33 bits per heavy atom. The zero-order valence-corrected chi connectivity index (χ0v) is 14.4. The lowest BCUT2D eigenvalue weighted by molar-refractivity contribution is -0.137. The van der Waals surface area contributed by atoms with E-state index >= 15 is 0 Å². The van der Waals surface area contributed by atoms with Crippen LogP contribution in [-0.4, -0.2) is 66.7 Å². The summed E-state index contributed by atoms with van der Waals surface area (Å²) in [6.45, 7) is 5.04. The van der Waals surface area contributed by atoms with Gasteiger partial charge in [-0.05, 0) is 32.6 Å². The monoisotopic (exact) mass is 335 g/mol. The SMILES string of the molecule is COCCN1CCC2(CCCN(C(=O)c3cnoc3C)CC2)C1=O. The van der Waals surface area contributed by atoms with Crippen LogP contribution in [-0.2, 0) is 9.53 Å². The fourth-order valence-electron chi connectivity index (χ4n) is 3.84. The number of amides is 2. The first-order valence-electron chi connectivity index (χ1n) is 8.56. The third kappa shape index (κ3) is 3.05. The van der Waals surface area contributed by atoms with Crippen molar-refractivity contribution in [2.24, 2.45) is 5.41 Å². The first kappa shape index (κ1) is 17.0. The molecule has 1 aromatic heterocycles. The summed E-state index contributed by atoms with van der Waals surface area (Å²) in [4.78, 5) is 29.2. The Morgan fingerprint density at radius 3 is 2.83 bits per heavy atom. The largest absolute Gasteiger partial charge is 0.383 e. The van der Waals surface area contributed by atoms with E-state index in [1.54, 1.807) is 14.0 Å². The van der Waals surface area contributed by atoms with E-state index in [-0.39, 0.29) is 17.2 Å². The van der Waals surface area contributed by atoms with E-state index in [2.05, 4.69) is 5.16 Å². The van der Waals surface area contributed by atoms with E-state index in [0.717, 1.165) is 32.2 Å². The smallest absolute Gasteiger partial charge is 0.259 e. The molecular weight excluding hydrogens is 310 g/mol. The molecule has 2 aliphatic heterocycles. The number of carbonyl (C=O) groups is 2. The molecule has 0 N–H and O–H groups in total. The zero-order valence-electron chi connectivity index (χ0n) is 14.4. The molecule has 2 amide bonds. The Bertz CT molecular complexity index is 615. The van der Waals surface area contributed by atoms with E-state index < -0.39 is 0 Å². The maximum absolute atomic E-state index is 12.8. The molecule has 1 unspecified atom stereocenters. The molecule has 2 saturated heterocycles. The maximum atomic E-state index is 12.8. The van der Waals surface area contributed by atoms with Gasteiger partial charge in [0.2, 0.25) is 5.91 Å². The highest BCUT2D eigenvalue weighted by Crippen LogP contribution is 2.41. The van der Waals surface area contributed by atoms with Gasteiger partial charge < -0.3 is 19.1 Å². The molecule has 0 radical (unpaired) electrons. The summed E-state index contributed by atoms with van der Waals surface area (Å²) < 4.78 is 10.1. The molecule has 7 nitrogen and oxygen atoms in total. The highest BCUT2D eigenvalue weighted by Gasteiger charge is 2.47. The molecule has 132 valence electrons. The molecule has 1 spiro atoms. The molecule has 3 heterocycles. The number of rotatable bonds is 4. The predicted octanol–water partition coefficient (Wildman–Crippen LogP) is 1.47. The van der Waals surface area contributed by atoms with Gasteiger partial charge in [-0.2, -0.15) is 0 Å². The van der Waals surface area contributed by atoms with Gasteiger partial charge in [0.05, 0.1) is 18.2 Å².